The highest BCUT2D eigenvalue weighted by atomic mass is 19.3. The van der Waals surface area contributed by atoms with Gasteiger partial charge in [0.25, 0.3) is 6.43 Å². The highest BCUT2D eigenvalue weighted by Gasteiger charge is 2.12. The van der Waals surface area contributed by atoms with E-state index >= 15 is 0 Å². The Kier molecular flexibility index (Phi) is 3.78. The van der Waals surface area contributed by atoms with Crippen LogP contribution in [0.1, 0.15) is 17.8 Å². The van der Waals surface area contributed by atoms with Crippen molar-refractivity contribution in [3.8, 4) is 6.07 Å². The zero-order chi connectivity index (χ0) is 13.7. The van der Waals surface area contributed by atoms with Crippen molar-refractivity contribution in [3.63, 3.8) is 0 Å². The molecule has 0 aliphatic carbocycles. The lowest BCUT2D eigenvalue weighted by Gasteiger charge is -2.07. The lowest BCUT2D eigenvalue weighted by Crippen LogP contribution is -1.97. The largest absolute Gasteiger partial charge is 0.360 e. The monoisotopic (exact) mass is 262 g/mol. The molecule has 0 saturated heterocycles. The van der Waals surface area contributed by atoms with Crippen molar-refractivity contribution in [2.24, 2.45) is 0 Å². The highest BCUT2D eigenvalue weighted by molar-refractivity contribution is 5.74. The molecule has 0 saturated carbocycles. The van der Waals surface area contributed by atoms with Crippen LogP contribution in [0, 0.1) is 11.3 Å². The van der Waals surface area contributed by atoms with Crippen LogP contribution in [0.2, 0.25) is 0 Å². The summed E-state index contributed by atoms with van der Waals surface area (Å²) < 4.78 is 25.5. The molecule has 0 unspecified atom stereocenters. The Morgan fingerprint density at radius 1 is 1.42 bits per heavy atom. The summed E-state index contributed by atoms with van der Waals surface area (Å²) in [5.74, 6) is 0.0875. The van der Waals surface area contributed by atoms with Gasteiger partial charge in [-0.05, 0) is 11.3 Å². The molecule has 0 aliphatic heterocycles. The zero-order valence-electron chi connectivity index (χ0n) is 9.51. The number of hydrogen-bond donors (Lipinski definition) is 2. The van der Waals surface area contributed by atoms with Gasteiger partial charge in [0, 0.05) is 17.5 Å². The number of nitrogens with one attached hydrogen (secondary N) is 2. The second kappa shape index (κ2) is 5.68. The number of rotatable bonds is 4. The molecule has 0 amide bonds. The highest BCUT2D eigenvalue weighted by Crippen LogP contribution is 2.26. The molecular weight excluding hydrogens is 254 g/mol. The van der Waals surface area contributed by atoms with Gasteiger partial charge in [-0.25, -0.2) is 8.78 Å². The van der Waals surface area contributed by atoms with Gasteiger partial charge in [0.15, 0.2) is 0 Å². The van der Waals surface area contributed by atoms with Crippen molar-refractivity contribution in [2.45, 2.75) is 6.43 Å². The summed E-state index contributed by atoms with van der Waals surface area (Å²) in [7, 11) is 0. The summed E-state index contributed by atoms with van der Waals surface area (Å²) in [4.78, 5) is 0. The third-order valence-electron chi connectivity index (χ3n) is 2.27. The Labute approximate surface area is 106 Å². The van der Waals surface area contributed by atoms with Crippen LogP contribution in [0.15, 0.2) is 30.5 Å². The summed E-state index contributed by atoms with van der Waals surface area (Å²) in [6.45, 7) is 0. The number of alkyl halides is 2. The van der Waals surface area contributed by atoms with Crippen LogP contribution in [-0.4, -0.2) is 20.6 Å². The molecule has 8 heteroatoms. The van der Waals surface area contributed by atoms with Crippen LogP contribution in [-0.2, 0) is 0 Å². The van der Waals surface area contributed by atoms with Crippen molar-refractivity contribution in [1.82, 2.24) is 20.6 Å². The number of tetrazole rings is 1. The Hall–Kier alpha value is -2.82. The van der Waals surface area contributed by atoms with Crippen LogP contribution < -0.4 is 5.32 Å². The average Bonchev–Trinajstić information content (AvgIpc) is 2.94. The third kappa shape index (κ3) is 2.90. The second-order valence-corrected chi connectivity index (χ2v) is 3.44. The van der Waals surface area contributed by atoms with Gasteiger partial charge in [0.05, 0.1) is 0 Å². The molecule has 0 spiro atoms. The number of aromatic nitrogens is 4. The maximum Gasteiger partial charge on any atom is 0.265 e. The van der Waals surface area contributed by atoms with E-state index in [2.05, 4.69) is 25.9 Å². The fourth-order valence-corrected chi connectivity index (χ4v) is 1.39. The van der Waals surface area contributed by atoms with Gasteiger partial charge >= 0.3 is 0 Å². The summed E-state index contributed by atoms with van der Waals surface area (Å²) in [6.07, 6.45) is -1.35. The van der Waals surface area contributed by atoms with Crippen LogP contribution in [0.3, 0.4) is 0 Å². The molecule has 0 aliphatic rings. The maximum absolute atomic E-state index is 12.7. The van der Waals surface area contributed by atoms with Gasteiger partial charge in [-0.3, -0.25) is 0 Å². The lowest BCUT2D eigenvalue weighted by molar-refractivity contribution is 0.152. The van der Waals surface area contributed by atoms with Gasteiger partial charge in [0.2, 0.25) is 5.82 Å². The smallest absolute Gasteiger partial charge is 0.265 e. The van der Waals surface area contributed by atoms with Crippen LogP contribution in [0.25, 0.3) is 5.57 Å². The Bertz CT molecular complexity index is 614. The lowest BCUT2D eigenvalue weighted by atomic mass is 10.2. The Morgan fingerprint density at radius 2 is 2.21 bits per heavy atom. The minimum atomic E-state index is -2.60. The predicted octanol–water partition coefficient (Wildman–Crippen LogP) is 2.11. The molecular formula is C11H8F2N6. The summed E-state index contributed by atoms with van der Waals surface area (Å²) in [6, 6.07) is 7.77. The predicted molar refractivity (Wildman–Crippen MR) is 62.8 cm³/mol. The molecule has 1 heterocycles. The van der Waals surface area contributed by atoms with Gasteiger partial charge in [-0.1, -0.05) is 18.2 Å². The molecule has 1 aromatic carbocycles. The van der Waals surface area contributed by atoms with Crippen molar-refractivity contribution >= 4 is 11.3 Å². The molecule has 2 aromatic rings. The Morgan fingerprint density at radius 3 is 2.84 bits per heavy atom. The molecule has 0 radical (unpaired) electrons. The van der Waals surface area contributed by atoms with Crippen LogP contribution in [0.4, 0.5) is 14.5 Å². The minimum absolute atomic E-state index is 0.0813. The number of aromatic amines is 1. The fourth-order valence-electron chi connectivity index (χ4n) is 1.39. The molecule has 1 aromatic heterocycles. The number of allylic oxidation sites excluding steroid dienone is 1. The van der Waals surface area contributed by atoms with Crippen molar-refractivity contribution in [1.29, 1.82) is 5.26 Å². The third-order valence-corrected chi connectivity index (χ3v) is 2.27. The average molecular weight is 262 g/mol. The molecule has 0 bridgehead atoms. The molecule has 96 valence electrons. The SMILES string of the molecule is N#CC(=CNc1ccccc1C(F)F)c1nn[nH]n1. The van der Waals surface area contributed by atoms with Gasteiger partial charge in [-0.2, -0.15) is 10.5 Å². The van der Waals surface area contributed by atoms with Crippen molar-refractivity contribution < 1.29 is 8.78 Å². The van der Waals surface area contributed by atoms with Gasteiger partial charge in [-0.15, -0.1) is 10.2 Å². The zero-order valence-corrected chi connectivity index (χ0v) is 9.51. The van der Waals surface area contributed by atoms with Crippen LogP contribution in [0.5, 0.6) is 0 Å². The maximum atomic E-state index is 12.7. The first-order chi connectivity index (χ1) is 9.22. The van der Waals surface area contributed by atoms with E-state index in [1.165, 1.54) is 24.4 Å². The van der Waals surface area contributed by atoms with Crippen molar-refractivity contribution in [3.05, 3.63) is 41.9 Å². The summed E-state index contributed by atoms with van der Waals surface area (Å²) in [5.41, 5.74) is 0.149. The minimum Gasteiger partial charge on any atom is -0.360 e. The number of anilines is 1. The first-order valence-electron chi connectivity index (χ1n) is 5.20. The first kappa shape index (κ1) is 12.6. The van der Waals surface area contributed by atoms with Crippen molar-refractivity contribution in [2.75, 3.05) is 5.32 Å². The first-order valence-corrected chi connectivity index (χ1v) is 5.20. The fraction of sp³-hybridized carbons (Fsp3) is 0.0909. The number of nitriles is 1. The number of benzene rings is 1. The van der Waals surface area contributed by atoms with E-state index in [0.717, 1.165) is 0 Å². The molecule has 6 nitrogen and oxygen atoms in total. The number of nitrogens with zero attached hydrogens (tertiary/aromatic N) is 4. The number of H-pyrrole nitrogens is 1. The van der Waals surface area contributed by atoms with Gasteiger partial charge < -0.3 is 5.32 Å². The Balaban J connectivity index is 2.25. The second-order valence-electron chi connectivity index (χ2n) is 3.44. The quantitative estimate of drug-likeness (QED) is 0.823. The molecule has 2 rings (SSSR count). The summed E-state index contributed by atoms with van der Waals surface area (Å²) >= 11 is 0. The number of halogens is 2. The normalized spacial score (nSPS) is 11.4. The van der Waals surface area contributed by atoms with Gasteiger partial charge in [0.1, 0.15) is 11.6 Å². The molecule has 0 atom stereocenters. The van der Waals surface area contributed by atoms with Crippen LogP contribution >= 0.6 is 0 Å². The van der Waals surface area contributed by atoms with E-state index in [9.17, 15) is 8.78 Å². The van der Waals surface area contributed by atoms with E-state index in [0.29, 0.717) is 0 Å². The molecule has 19 heavy (non-hydrogen) atoms. The van der Waals surface area contributed by atoms with E-state index in [4.69, 9.17) is 5.26 Å². The van der Waals surface area contributed by atoms with E-state index in [1.807, 2.05) is 6.07 Å². The molecule has 0 fully saturated rings. The standard InChI is InChI=1S/C11H8F2N6/c12-10(13)8-3-1-2-4-9(8)15-6-7(5-14)11-16-18-19-17-11/h1-4,6,10,15H,(H,16,17,18,19). The number of para-hydroxylation sites is 1. The van der Waals surface area contributed by atoms with E-state index in [1.54, 1.807) is 6.07 Å². The number of hydrogen-bond acceptors (Lipinski definition) is 5. The van der Waals surface area contributed by atoms with E-state index < -0.39 is 6.43 Å². The molecule has 2 N–H and O–H groups in total. The topological polar surface area (TPSA) is 90.3 Å². The van der Waals surface area contributed by atoms with E-state index in [-0.39, 0.29) is 22.6 Å². The summed E-state index contributed by atoms with van der Waals surface area (Å²) in [5, 5.41) is 24.4.